The summed E-state index contributed by atoms with van der Waals surface area (Å²) in [5.41, 5.74) is 2.14. The fourth-order valence-corrected chi connectivity index (χ4v) is 2.74. The number of aromatic carboxylic acids is 1. The molecule has 0 heterocycles. The van der Waals surface area contributed by atoms with Gasteiger partial charge < -0.3 is 14.9 Å². The average molecular weight is 342 g/mol. The third-order valence-corrected chi connectivity index (χ3v) is 4.03. The van der Waals surface area contributed by atoms with Crippen molar-refractivity contribution in [3.63, 3.8) is 0 Å². The van der Waals surface area contributed by atoms with Crippen LogP contribution in [-0.4, -0.2) is 28.8 Å². The van der Waals surface area contributed by atoms with Gasteiger partial charge in [0.25, 0.3) is 0 Å². The van der Waals surface area contributed by atoms with E-state index < -0.39 is 17.9 Å². The average Bonchev–Trinajstić information content (AvgIpc) is 2.58. The molecule has 0 saturated carbocycles. The van der Waals surface area contributed by atoms with Crippen molar-refractivity contribution in [1.82, 2.24) is 0 Å². The van der Waals surface area contributed by atoms with Crippen molar-refractivity contribution in [2.24, 2.45) is 0 Å². The van der Waals surface area contributed by atoms with E-state index in [0.717, 1.165) is 17.7 Å². The topological polar surface area (TPSA) is 83.8 Å². The van der Waals surface area contributed by atoms with Gasteiger partial charge in [-0.05, 0) is 48.6 Å². The number of carbonyl (C=O) groups is 2. The van der Waals surface area contributed by atoms with Gasteiger partial charge in [-0.15, -0.1) is 0 Å². The molecule has 2 aromatic rings. The Hall–Kier alpha value is -2.82. The molecule has 2 N–H and O–H groups in total. The van der Waals surface area contributed by atoms with Crippen molar-refractivity contribution in [3.8, 4) is 5.75 Å². The first-order valence-electron chi connectivity index (χ1n) is 8.21. The summed E-state index contributed by atoms with van der Waals surface area (Å²) in [5, 5.41) is 18.9. The SMILES string of the molecule is CCCOc1ccc(C(Cc2ccccc2C(=O)O)C(=O)O)cc1C. The standard InChI is InChI=1S/C20H22O5/c1-3-10-25-18-9-8-15(11-13(18)2)17(20(23)24)12-14-6-4-5-7-16(14)19(21)22/h4-9,11,17H,3,10,12H2,1-2H3,(H,21,22)(H,23,24). The Morgan fingerprint density at radius 3 is 2.44 bits per heavy atom. The number of ether oxygens (including phenoxy) is 1. The maximum absolute atomic E-state index is 11.8. The van der Waals surface area contributed by atoms with Crippen molar-refractivity contribution in [1.29, 1.82) is 0 Å². The zero-order valence-electron chi connectivity index (χ0n) is 14.4. The maximum Gasteiger partial charge on any atom is 0.335 e. The lowest BCUT2D eigenvalue weighted by Crippen LogP contribution is -2.16. The Labute approximate surface area is 146 Å². The zero-order chi connectivity index (χ0) is 18.4. The number of aryl methyl sites for hydroxylation is 1. The number of aliphatic carboxylic acids is 1. The number of carboxylic acid groups (broad SMARTS) is 2. The Morgan fingerprint density at radius 1 is 1.12 bits per heavy atom. The second-order valence-corrected chi connectivity index (χ2v) is 5.93. The number of carboxylic acids is 2. The van der Waals surface area contributed by atoms with Gasteiger partial charge in [-0.1, -0.05) is 37.3 Å². The molecule has 0 saturated heterocycles. The van der Waals surface area contributed by atoms with Crippen LogP contribution in [0.25, 0.3) is 0 Å². The van der Waals surface area contributed by atoms with E-state index in [0.29, 0.717) is 17.7 Å². The van der Waals surface area contributed by atoms with Gasteiger partial charge in [-0.25, -0.2) is 4.79 Å². The van der Waals surface area contributed by atoms with E-state index in [2.05, 4.69) is 0 Å². The highest BCUT2D eigenvalue weighted by Crippen LogP contribution is 2.28. The second-order valence-electron chi connectivity index (χ2n) is 5.93. The van der Waals surface area contributed by atoms with Crippen LogP contribution in [-0.2, 0) is 11.2 Å². The van der Waals surface area contributed by atoms with Crippen molar-refractivity contribution in [2.75, 3.05) is 6.61 Å². The van der Waals surface area contributed by atoms with Gasteiger partial charge in [0.2, 0.25) is 0 Å². The first kappa shape index (κ1) is 18.5. The largest absolute Gasteiger partial charge is 0.493 e. The van der Waals surface area contributed by atoms with E-state index in [1.54, 1.807) is 36.4 Å². The third-order valence-electron chi connectivity index (χ3n) is 4.03. The highest BCUT2D eigenvalue weighted by atomic mass is 16.5. The number of hydrogen-bond donors (Lipinski definition) is 2. The molecule has 0 amide bonds. The van der Waals surface area contributed by atoms with Gasteiger partial charge in [0.1, 0.15) is 5.75 Å². The van der Waals surface area contributed by atoms with Crippen LogP contribution >= 0.6 is 0 Å². The summed E-state index contributed by atoms with van der Waals surface area (Å²) >= 11 is 0. The van der Waals surface area contributed by atoms with Crippen LogP contribution in [0.3, 0.4) is 0 Å². The summed E-state index contributed by atoms with van der Waals surface area (Å²) < 4.78 is 5.62. The normalized spacial score (nSPS) is 11.8. The van der Waals surface area contributed by atoms with Crippen LogP contribution in [0.2, 0.25) is 0 Å². The fourth-order valence-electron chi connectivity index (χ4n) is 2.74. The minimum atomic E-state index is -1.06. The van der Waals surface area contributed by atoms with Crippen LogP contribution in [0.5, 0.6) is 5.75 Å². The Kier molecular flexibility index (Phi) is 6.17. The van der Waals surface area contributed by atoms with Gasteiger partial charge in [0.05, 0.1) is 18.1 Å². The molecule has 5 nitrogen and oxygen atoms in total. The van der Waals surface area contributed by atoms with Crippen LogP contribution in [0.4, 0.5) is 0 Å². The lowest BCUT2D eigenvalue weighted by molar-refractivity contribution is -0.138. The van der Waals surface area contributed by atoms with Crippen LogP contribution in [0.1, 0.15) is 46.3 Å². The van der Waals surface area contributed by atoms with Gasteiger partial charge in [-0.2, -0.15) is 0 Å². The minimum absolute atomic E-state index is 0.117. The monoisotopic (exact) mass is 342 g/mol. The molecule has 0 bridgehead atoms. The van der Waals surface area contributed by atoms with Crippen molar-refractivity contribution in [2.45, 2.75) is 32.6 Å². The molecule has 1 atom stereocenters. The molecular weight excluding hydrogens is 320 g/mol. The molecule has 2 rings (SSSR count). The summed E-state index contributed by atoms with van der Waals surface area (Å²) in [6.45, 7) is 4.50. The maximum atomic E-state index is 11.8. The molecule has 1 unspecified atom stereocenters. The van der Waals surface area contributed by atoms with E-state index in [1.807, 2.05) is 13.8 Å². The first-order chi connectivity index (χ1) is 11.9. The van der Waals surface area contributed by atoms with E-state index in [4.69, 9.17) is 4.74 Å². The van der Waals surface area contributed by atoms with E-state index in [9.17, 15) is 19.8 Å². The molecule has 0 aliphatic carbocycles. The van der Waals surface area contributed by atoms with E-state index in [1.165, 1.54) is 6.07 Å². The molecular formula is C20H22O5. The molecule has 0 aromatic heterocycles. The molecule has 0 radical (unpaired) electrons. The smallest absolute Gasteiger partial charge is 0.335 e. The number of hydrogen-bond acceptors (Lipinski definition) is 3. The highest BCUT2D eigenvalue weighted by molar-refractivity contribution is 5.89. The Balaban J connectivity index is 2.32. The lowest BCUT2D eigenvalue weighted by atomic mass is 9.89. The molecule has 0 aliphatic heterocycles. The van der Waals surface area contributed by atoms with Crippen LogP contribution in [0, 0.1) is 6.92 Å². The third kappa shape index (κ3) is 4.59. The summed E-state index contributed by atoms with van der Waals surface area (Å²) in [4.78, 5) is 23.1. The molecule has 132 valence electrons. The summed E-state index contributed by atoms with van der Waals surface area (Å²) in [5.74, 6) is -2.12. The Bertz CT molecular complexity index is 766. The van der Waals surface area contributed by atoms with Crippen molar-refractivity contribution in [3.05, 3.63) is 64.7 Å². The summed E-state index contributed by atoms with van der Waals surface area (Å²) in [6, 6.07) is 11.8. The lowest BCUT2D eigenvalue weighted by Gasteiger charge is -2.16. The second kappa shape index (κ2) is 8.33. The highest BCUT2D eigenvalue weighted by Gasteiger charge is 2.23. The molecule has 0 aliphatic rings. The summed E-state index contributed by atoms with van der Waals surface area (Å²) in [7, 11) is 0. The minimum Gasteiger partial charge on any atom is -0.493 e. The fraction of sp³-hybridized carbons (Fsp3) is 0.300. The van der Waals surface area contributed by atoms with Gasteiger partial charge in [0.15, 0.2) is 0 Å². The predicted molar refractivity (Wildman–Crippen MR) is 94.4 cm³/mol. The molecule has 25 heavy (non-hydrogen) atoms. The quantitative estimate of drug-likeness (QED) is 0.760. The number of benzene rings is 2. The molecule has 0 spiro atoms. The first-order valence-corrected chi connectivity index (χ1v) is 8.21. The van der Waals surface area contributed by atoms with Crippen LogP contribution in [0.15, 0.2) is 42.5 Å². The number of rotatable bonds is 8. The molecule has 0 fully saturated rings. The van der Waals surface area contributed by atoms with Gasteiger partial charge >= 0.3 is 11.9 Å². The van der Waals surface area contributed by atoms with Crippen molar-refractivity contribution < 1.29 is 24.5 Å². The van der Waals surface area contributed by atoms with Gasteiger partial charge in [-0.3, -0.25) is 4.79 Å². The van der Waals surface area contributed by atoms with Crippen molar-refractivity contribution >= 4 is 11.9 Å². The molecule has 2 aromatic carbocycles. The zero-order valence-corrected chi connectivity index (χ0v) is 14.4. The van der Waals surface area contributed by atoms with Gasteiger partial charge in [0, 0.05) is 0 Å². The Morgan fingerprint density at radius 2 is 1.84 bits per heavy atom. The van der Waals surface area contributed by atoms with Crippen LogP contribution < -0.4 is 4.74 Å². The van der Waals surface area contributed by atoms with E-state index >= 15 is 0 Å². The summed E-state index contributed by atoms with van der Waals surface area (Å²) in [6.07, 6.45) is 1.01. The predicted octanol–water partition coefficient (Wildman–Crippen LogP) is 3.89. The molecule has 5 heteroatoms. The van der Waals surface area contributed by atoms with E-state index in [-0.39, 0.29) is 12.0 Å².